The van der Waals surface area contributed by atoms with Crippen LogP contribution in [0.25, 0.3) is 0 Å². The van der Waals surface area contributed by atoms with Gasteiger partial charge in [-0.15, -0.1) is 0 Å². The third kappa shape index (κ3) is 3.82. The van der Waals surface area contributed by atoms with Crippen LogP contribution in [-0.2, 0) is 15.1 Å². The molecule has 9 nitrogen and oxygen atoms in total. The van der Waals surface area contributed by atoms with Gasteiger partial charge in [0.2, 0.25) is 0 Å². The van der Waals surface area contributed by atoms with E-state index in [1.807, 2.05) is 31.2 Å². The predicted octanol–water partition coefficient (Wildman–Crippen LogP) is 3.94. The molecule has 0 bridgehead atoms. The number of carbonyl (C=O) groups excluding carboxylic acids is 3. The van der Waals surface area contributed by atoms with Crippen LogP contribution in [0.5, 0.6) is 0 Å². The molecule has 2 aromatic heterocycles. The first-order valence-electron chi connectivity index (χ1n) is 11.4. The van der Waals surface area contributed by atoms with Gasteiger partial charge in [0.15, 0.2) is 0 Å². The van der Waals surface area contributed by atoms with Crippen molar-refractivity contribution in [3.8, 4) is 0 Å². The van der Waals surface area contributed by atoms with Gasteiger partial charge >= 0.3 is 6.03 Å². The Morgan fingerprint density at radius 2 is 1.91 bits per heavy atom. The molecule has 2 unspecified atom stereocenters. The lowest BCUT2D eigenvalue weighted by Gasteiger charge is -2.23. The van der Waals surface area contributed by atoms with Crippen molar-refractivity contribution >= 4 is 23.6 Å². The van der Waals surface area contributed by atoms with Crippen LogP contribution in [0.3, 0.4) is 0 Å². The SMILES string of the molecule is Cc1ccc(C2=NN(C(=O)CN3C(=O)NC(C)(c4cc(C)oc4C)C3=O)C(c3ccco3)C2)cc1. The van der Waals surface area contributed by atoms with Crippen LogP contribution in [0.2, 0.25) is 0 Å². The lowest BCUT2D eigenvalue weighted by Crippen LogP contribution is -2.43. The lowest BCUT2D eigenvalue weighted by molar-refractivity contribution is -0.140. The largest absolute Gasteiger partial charge is 0.467 e. The zero-order valence-corrected chi connectivity index (χ0v) is 20.0. The van der Waals surface area contributed by atoms with Gasteiger partial charge in [0.05, 0.1) is 12.0 Å². The molecule has 1 fully saturated rings. The second-order valence-corrected chi connectivity index (χ2v) is 9.16. The summed E-state index contributed by atoms with van der Waals surface area (Å²) in [6.45, 7) is 6.68. The molecular weight excluding hydrogens is 448 g/mol. The fourth-order valence-electron chi connectivity index (χ4n) is 4.72. The van der Waals surface area contributed by atoms with E-state index in [1.165, 1.54) is 5.01 Å². The first-order chi connectivity index (χ1) is 16.7. The smallest absolute Gasteiger partial charge is 0.325 e. The number of furan rings is 2. The molecule has 1 saturated heterocycles. The maximum Gasteiger partial charge on any atom is 0.325 e. The number of carbonyl (C=O) groups is 3. The Bertz CT molecular complexity index is 1340. The number of aryl methyl sites for hydroxylation is 3. The summed E-state index contributed by atoms with van der Waals surface area (Å²) in [7, 11) is 0. The van der Waals surface area contributed by atoms with E-state index in [4.69, 9.17) is 8.83 Å². The van der Waals surface area contributed by atoms with Gasteiger partial charge in [-0.05, 0) is 51.5 Å². The number of hydrogen-bond donors (Lipinski definition) is 1. The quantitative estimate of drug-likeness (QED) is 0.564. The predicted molar refractivity (Wildman–Crippen MR) is 126 cm³/mol. The molecule has 0 spiro atoms. The summed E-state index contributed by atoms with van der Waals surface area (Å²) in [5, 5.41) is 8.63. The second kappa shape index (κ2) is 8.26. The van der Waals surface area contributed by atoms with Crippen molar-refractivity contribution in [2.24, 2.45) is 5.10 Å². The summed E-state index contributed by atoms with van der Waals surface area (Å²) >= 11 is 0. The zero-order chi connectivity index (χ0) is 24.9. The average Bonchev–Trinajstić information content (AvgIpc) is 3.59. The Morgan fingerprint density at radius 3 is 2.54 bits per heavy atom. The minimum absolute atomic E-state index is 0.446. The van der Waals surface area contributed by atoms with Gasteiger partial charge < -0.3 is 14.2 Å². The molecule has 9 heteroatoms. The average molecular weight is 475 g/mol. The lowest BCUT2D eigenvalue weighted by atomic mass is 9.92. The monoisotopic (exact) mass is 474 g/mol. The molecule has 0 saturated carbocycles. The molecule has 0 radical (unpaired) electrons. The van der Waals surface area contributed by atoms with E-state index >= 15 is 0 Å². The van der Waals surface area contributed by atoms with Gasteiger partial charge in [0, 0.05) is 12.0 Å². The van der Waals surface area contributed by atoms with Gasteiger partial charge in [-0.2, -0.15) is 5.10 Å². The molecule has 0 aliphatic carbocycles. The summed E-state index contributed by atoms with van der Waals surface area (Å²) in [6.07, 6.45) is 1.99. The van der Waals surface area contributed by atoms with E-state index in [1.54, 1.807) is 45.2 Å². The molecule has 2 aliphatic rings. The van der Waals surface area contributed by atoms with Crippen LogP contribution < -0.4 is 5.32 Å². The maximum absolute atomic E-state index is 13.4. The van der Waals surface area contributed by atoms with E-state index in [2.05, 4.69) is 10.4 Å². The van der Waals surface area contributed by atoms with Crippen molar-refractivity contribution in [3.05, 3.63) is 82.7 Å². The van der Waals surface area contributed by atoms with E-state index in [9.17, 15) is 14.4 Å². The van der Waals surface area contributed by atoms with Gasteiger partial charge in [0.25, 0.3) is 11.8 Å². The molecule has 2 aliphatic heterocycles. The highest BCUT2D eigenvalue weighted by Gasteiger charge is 2.51. The second-order valence-electron chi connectivity index (χ2n) is 9.16. The standard InChI is InChI=1S/C26H26N4O5/c1-15-7-9-18(10-8-15)20-13-21(22-6-5-11-34-22)30(28-20)23(31)14-29-24(32)26(4,27-25(29)33)19-12-16(2)35-17(19)3/h5-12,21H,13-14H2,1-4H3,(H,27,33). The minimum atomic E-state index is -1.32. The van der Waals surface area contributed by atoms with Crippen LogP contribution in [0, 0.1) is 20.8 Å². The van der Waals surface area contributed by atoms with Crippen LogP contribution in [0.4, 0.5) is 4.79 Å². The number of urea groups is 1. The fourth-order valence-corrected chi connectivity index (χ4v) is 4.72. The van der Waals surface area contributed by atoms with Crippen molar-refractivity contribution in [1.29, 1.82) is 0 Å². The molecule has 35 heavy (non-hydrogen) atoms. The summed E-state index contributed by atoms with van der Waals surface area (Å²) in [5.41, 5.74) is 1.99. The van der Waals surface area contributed by atoms with Crippen molar-refractivity contribution in [2.75, 3.05) is 6.54 Å². The van der Waals surface area contributed by atoms with E-state index in [0.717, 1.165) is 21.7 Å². The highest BCUT2D eigenvalue weighted by Crippen LogP contribution is 2.35. The molecular formula is C26H26N4O5. The Balaban J connectivity index is 1.42. The van der Waals surface area contributed by atoms with Crippen LogP contribution in [-0.4, -0.2) is 40.0 Å². The molecule has 4 amide bonds. The van der Waals surface area contributed by atoms with Crippen LogP contribution in [0.15, 0.2) is 62.7 Å². The highest BCUT2D eigenvalue weighted by molar-refractivity contribution is 6.09. The third-order valence-corrected chi connectivity index (χ3v) is 6.57. The first kappa shape index (κ1) is 22.6. The van der Waals surface area contributed by atoms with E-state index < -0.39 is 36.0 Å². The number of imide groups is 1. The topological polar surface area (TPSA) is 108 Å². The first-order valence-corrected chi connectivity index (χ1v) is 11.4. The van der Waals surface area contributed by atoms with Gasteiger partial charge in [-0.3, -0.25) is 14.5 Å². The number of hydrazone groups is 1. The Kier molecular flexibility index (Phi) is 5.35. The molecule has 1 aromatic carbocycles. The molecule has 2 atom stereocenters. The Morgan fingerprint density at radius 1 is 1.17 bits per heavy atom. The normalized spacial score (nSPS) is 22.1. The van der Waals surface area contributed by atoms with E-state index in [-0.39, 0.29) is 0 Å². The van der Waals surface area contributed by atoms with Crippen molar-refractivity contribution in [3.63, 3.8) is 0 Å². The summed E-state index contributed by atoms with van der Waals surface area (Å²) in [5.74, 6) is 0.747. The fraction of sp³-hybridized carbons (Fsp3) is 0.308. The van der Waals surface area contributed by atoms with Crippen molar-refractivity contribution in [1.82, 2.24) is 15.2 Å². The number of nitrogens with one attached hydrogen (secondary N) is 1. The highest BCUT2D eigenvalue weighted by atomic mass is 16.3. The van der Waals surface area contributed by atoms with E-state index in [0.29, 0.717) is 29.3 Å². The molecule has 1 N–H and O–H groups in total. The third-order valence-electron chi connectivity index (χ3n) is 6.57. The van der Waals surface area contributed by atoms with Gasteiger partial charge in [0.1, 0.15) is 35.4 Å². The summed E-state index contributed by atoms with van der Waals surface area (Å²) in [6, 6.07) is 12.0. The van der Waals surface area contributed by atoms with Crippen LogP contribution in [0.1, 0.15) is 53.4 Å². The maximum atomic E-state index is 13.4. The van der Waals surface area contributed by atoms with Crippen molar-refractivity contribution < 1.29 is 23.2 Å². The van der Waals surface area contributed by atoms with Crippen molar-refractivity contribution in [2.45, 2.75) is 45.7 Å². The number of benzene rings is 1. The van der Waals surface area contributed by atoms with Gasteiger partial charge in [-0.1, -0.05) is 29.8 Å². The van der Waals surface area contributed by atoms with Crippen LogP contribution >= 0.6 is 0 Å². The Hall–Kier alpha value is -4.14. The summed E-state index contributed by atoms with van der Waals surface area (Å²) in [4.78, 5) is 40.5. The molecule has 180 valence electrons. The number of rotatable bonds is 5. The number of amides is 4. The molecule has 4 heterocycles. The molecule has 5 rings (SSSR count). The number of hydrogen-bond acceptors (Lipinski definition) is 6. The van der Waals surface area contributed by atoms with Gasteiger partial charge in [-0.25, -0.2) is 9.80 Å². The Labute approximate surface area is 202 Å². The summed E-state index contributed by atoms with van der Waals surface area (Å²) < 4.78 is 11.1. The number of nitrogens with zero attached hydrogens (tertiary/aromatic N) is 3. The molecule has 3 aromatic rings. The minimum Gasteiger partial charge on any atom is -0.467 e. The zero-order valence-electron chi connectivity index (χ0n) is 20.0.